The summed E-state index contributed by atoms with van der Waals surface area (Å²) in [5.41, 5.74) is 3.09. The van der Waals surface area contributed by atoms with Gasteiger partial charge in [-0.2, -0.15) is 11.3 Å². The lowest BCUT2D eigenvalue weighted by atomic mass is 10.2. The number of guanidine groups is 1. The molecule has 1 aromatic carbocycles. The predicted molar refractivity (Wildman–Crippen MR) is 96.7 cm³/mol. The second kappa shape index (κ2) is 8.95. The molecule has 2 rings (SSSR count). The van der Waals surface area contributed by atoms with Gasteiger partial charge in [0.05, 0.1) is 6.54 Å². The number of anilines is 1. The molecule has 0 radical (unpaired) electrons. The minimum atomic E-state index is -0.0687. The average molecular weight is 330 g/mol. The third kappa shape index (κ3) is 6.12. The molecule has 1 heterocycles. The van der Waals surface area contributed by atoms with Crippen LogP contribution in [0.25, 0.3) is 0 Å². The van der Waals surface area contributed by atoms with Crippen LogP contribution in [-0.4, -0.2) is 18.4 Å². The summed E-state index contributed by atoms with van der Waals surface area (Å²) in [6, 6.07) is 9.85. The quantitative estimate of drug-likeness (QED) is 0.563. The van der Waals surface area contributed by atoms with E-state index in [1.807, 2.05) is 31.2 Å². The second-order valence-electron chi connectivity index (χ2n) is 5.06. The zero-order valence-electron chi connectivity index (χ0n) is 13.4. The summed E-state index contributed by atoms with van der Waals surface area (Å²) in [6.07, 6.45) is 0. The molecule has 122 valence electrons. The van der Waals surface area contributed by atoms with Crippen molar-refractivity contribution in [3.63, 3.8) is 0 Å². The van der Waals surface area contributed by atoms with Gasteiger partial charge in [0.1, 0.15) is 0 Å². The molecule has 0 saturated heterocycles. The summed E-state index contributed by atoms with van der Waals surface area (Å²) in [6.45, 7) is 5.65. The molecule has 23 heavy (non-hydrogen) atoms. The van der Waals surface area contributed by atoms with Crippen LogP contribution in [0, 0.1) is 0 Å². The lowest BCUT2D eigenvalue weighted by Crippen LogP contribution is -2.36. The molecule has 0 aliphatic rings. The van der Waals surface area contributed by atoms with Gasteiger partial charge in [-0.3, -0.25) is 4.79 Å². The molecular weight excluding hydrogens is 308 g/mol. The van der Waals surface area contributed by atoms with Gasteiger partial charge < -0.3 is 16.0 Å². The number of rotatable bonds is 6. The first kappa shape index (κ1) is 17.0. The highest BCUT2D eigenvalue weighted by molar-refractivity contribution is 7.07. The van der Waals surface area contributed by atoms with Gasteiger partial charge in [0.25, 0.3) is 0 Å². The summed E-state index contributed by atoms with van der Waals surface area (Å²) >= 11 is 1.68. The van der Waals surface area contributed by atoms with Gasteiger partial charge in [-0.25, -0.2) is 4.99 Å². The Balaban J connectivity index is 1.95. The number of nitrogens with one attached hydrogen (secondary N) is 3. The number of carbonyl (C=O) groups excluding carboxylic acids is 1. The number of thiophene rings is 1. The van der Waals surface area contributed by atoms with Crippen molar-refractivity contribution in [2.24, 2.45) is 4.99 Å². The van der Waals surface area contributed by atoms with Crippen LogP contribution in [0.2, 0.25) is 0 Å². The topological polar surface area (TPSA) is 65.5 Å². The maximum absolute atomic E-state index is 11.1. The van der Waals surface area contributed by atoms with Gasteiger partial charge in [-0.1, -0.05) is 12.1 Å². The van der Waals surface area contributed by atoms with Crippen molar-refractivity contribution in [2.75, 3.05) is 11.9 Å². The first-order valence-electron chi connectivity index (χ1n) is 7.57. The van der Waals surface area contributed by atoms with Gasteiger partial charge in [0.15, 0.2) is 5.96 Å². The standard InChI is InChI=1S/C17H22N4OS/c1-3-18-17(20-11-15-7-8-23-12-15)19-10-14-5-4-6-16(9-14)21-13(2)22/h4-9,12H,3,10-11H2,1-2H3,(H,21,22)(H2,18,19,20). The van der Waals surface area contributed by atoms with Crippen LogP contribution in [-0.2, 0) is 17.9 Å². The third-order valence-electron chi connectivity index (χ3n) is 3.05. The van der Waals surface area contributed by atoms with Crippen molar-refractivity contribution >= 4 is 28.9 Å². The Morgan fingerprint density at radius 3 is 2.78 bits per heavy atom. The maximum atomic E-state index is 11.1. The minimum absolute atomic E-state index is 0.0687. The molecule has 3 N–H and O–H groups in total. The molecule has 5 nitrogen and oxygen atoms in total. The molecule has 0 fully saturated rings. The smallest absolute Gasteiger partial charge is 0.221 e. The first-order valence-corrected chi connectivity index (χ1v) is 8.51. The maximum Gasteiger partial charge on any atom is 0.221 e. The Morgan fingerprint density at radius 1 is 1.22 bits per heavy atom. The van der Waals surface area contributed by atoms with Gasteiger partial charge >= 0.3 is 0 Å². The molecule has 0 aliphatic heterocycles. The number of amides is 1. The summed E-state index contributed by atoms with van der Waals surface area (Å²) < 4.78 is 0. The summed E-state index contributed by atoms with van der Waals surface area (Å²) in [5.74, 6) is 0.712. The van der Waals surface area contributed by atoms with Crippen molar-refractivity contribution < 1.29 is 4.79 Å². The van der Waals surface area contributed by atoms with Crippen LogP contribution in [0.4, 0.5) is 5.69 Å². The molecule has 0 bridgehead atoms. The van der Waals surface area contributed by atoms with Crippen LogP contribution >= 0.6 is 11.3 Å². The lowest BCUT2D eigenvalue weighted by molar-refractivity contribution is -0.114. The van der Waals surface area contributed by atoms with Gasteiger partial charge in [0.2, 0.25) is 5.91 Å². The van der Waals surface area contributed by atoms with E-state index in [0.717, 1.165) is 23.8 Å². The molecule has 1 aromatic heterocycles. The van der Waals surface area contributed by atoms with E-state index in [2.05, 4.69) is 37.8 Å². The molecule has 0 unspecified atom stereocenters. The average Bonchev–Trinajstić information content (AvgIpc) is 3.03. The Labute approximate surface area is 140 Å². The third-order valence-corrected chi connectivity index (χ3v) is 3.78. The number of hydrogen-bond acceptors (Lipinski definition) is 3. The Morgan fingerprint density at radius 2 is 2.09 bits per heavy atom. The van der Waals surface area contributed by atoms with Crippen LogP contribution < -0.4 is 16.0 Å². The zero-order chi connectivity index (χ0) is 16.5. The fraction of sp³-hybridized carbons (Fsp3) is 0.294. The van der Waals surface area contributed by atoms with Crippen LogP contribution in [0.5, 0.6) is 0 Å². The number of hydrogen-bond donors (Lipinski definition) is 3. The Hall–Kier alpha value is -2.34. The molecular formula is C17H22N4OS. The summed E-state index contributed by atoms with van der Waals surface area (Å²) in [4.78, 5) is 15.7. The van der Waals surface area contributed by atoms with Crippen molar-refractivity contribution in [3.8, 4) is 0 Å². The SMILES string of the molecule is CCNC(=NCc1ccsc1)NCc1cccc(NC(C)=O)c1. The monoisotopic (exact) mass is 330 g/mol. The Bertz CT molecular complexity index is 652. The van der Waals surface area contributed by atoms with E-state index in [1.54, 1.807) is 11.3 Å². The highest BCUT2D eigenvalue weighted by Gasteiger charge is 2.01. The van der Waals surface area contributed by atoms with Crippen LogP contribution in [0.1, 0.15) is 25.0 Å². The molecule has 1 amide bonds. The number of nitrogens with zero attached hydrogens (tertiary/aromatic N) is 1. The number of carbonyl (C=O) groups is 1. The van der Waals surface area contributed by atoms with Crippen LogP contribution in [0.3, 0.4) is 0 Å². The van der Waals surface area contributed by atoms with E-state index >= 15 is 0 Å². The van der Waals surface area contributed by atoms with Crippen molar-refractivity contribution in [1.29, 1.82) is 0 Å². The predicted octanol–water partition coefficient (Wildman–Crippen LogP) is 2.96. The molecule has 2 aromatic rings. The largest absolute Gasteiger partial charge is 0.357 e. The highest BCUT2D eigenvalue weighted by Crippen LogP contribution is 2.10. The molecule has 6 heteroatoms. The van der Waals surface area contributed by atoms with Crippen molar-refractivity contribution in [2.45, 2.75) is 26.9 Å². The van der Waals surface area contributed by atoms with E-state index in [4.69, 9.17) is 0 Å². The zero-order valence-corrected chi connectivity index (χ0v) is 14.2. The van der Waals surface area contributed by atoms with Gasteiger partial charge in [-0.05, 0) is 47.0 Å². The summed E-state index contributed by atoms with van der Waals surface area (Å²) in [5, 5.41) is 13.5. The number of benzene rings is 1. The van der Waals surface area contributed by atoms with Crippen molar-refractivity contribution in [1.82, 2.24) is 10.6 Å². The fourth-order valence-corrected chi connectivity index (χ4v) is 2.70. The Kier molecular flexibility index (Phi) is 6.62. The van der Waals surface area contributed by atoms with Gasteiger partial charge in [-0.15, -0.1) is 0 Å². The highest BCUT2D eigenvalue weighted by atomic mass is 32.1. The van der Waals surface area contributed by atoms with E-state index in [9.17, 15) is 4.79 Å². The fourth-order valence-electron chi connectivity index (χ4n) is 2.04. The van der Waals surface area contributed by atoms with E-state index < -0.39 is 0 Å². The lowest BCUT2D eigenvalue weighted by Gasteiger charge is -2.12. The normalized spacial score (nSPS) is 11.1. The second-order valence-corrected chi connectivity index (χ2v) is 5.84. The van der Waals surface area contributed by atoms with Crippen molar-refractivity contribution in [3.05, 3.63) is 52.2 Å². The van der Waals surface area contributed by atoms with Crippen LogP contribution in [0.15, 0.2) is 46.1 Å². The minimum Gasteiger partial charge on any atom is -0.357 e. The first-order chi connectivity index (χ1) is 11.2. The summed E-state index contributed by atoms with van der Waals surface area (Å²) in [7, 11) is 0. The molecule has 0 spiro atoms. The number of aliphatic imine (C=N–C) groups is 1. The van der Waals surface area contributed by atoms with E-state index in [0.29, 0.717) is 13.1 Å². The molecule has 0 aliphatic carbocycles. The van der Waals surface area contributed by atoms with E-state index in [-0.39, 0.29) is 5.91 Å². The van der Waals surface area contributed by atoms with Gasteiger partial charge in [0, 0.05) is 25.7 Å². The molecule has 0 atom stereocenters. The molecule has 0 saturated carbocycles. The van der Waals surface area contributed by atoms with E-state index in [1.165, 1.54) is 12.5 Å².